The molecule has 0 spiro atoms. The van der Waals surface area contributed by atoms with Crippen LogP contribution >= 0.6 is 0 Å². The highest BCUT2D eigenvalue weighted by Gasteiger charge is 2.68. The highest BCUT2D eigenvalue weighted by molar-refractivity contribution is 5.85. The molecule has 324 valence electrons. The summed E-state index contributed by atoms with van der Waals surface area (Å²) in [6.07, 6.45) is 0.638. The molecule has 58 heavy (non-hydrogen) atoms. The number of ether oxygens (including phenoxy) is 3. The largest absolute Gasteiger partial charge is 0.467 e. The van der Waals surface area contributed by atoms with Crippen LogP contribution in [0.5, 0.6) is 0 Å². The van der Waals surface area contributed by atoms with E-state index in [4.69, 9.17) is 14.2 Å². The molecule has 1 saturated heterocycles. The molecular formula is C46H69NO11. The number of carbonyl (C=O) groups excluding carboxylic acids is 3. The van der Waals surface area contributed by atoms with E-state index in [2.05, 4.69) is 26.1 Å². The van der Waals surface area contributed by atoms with Crippen molar-refractivity contribution in [2.24, 2.45) is 39.4 Å². The number of hydrogen-bond donors (Lipinski definition) is 6. The number of rotatable bonds is 11. The van der Waals surface area contributed by atoms with E-state index >= 15 is 0 Å². The minimum absolute atomic E-state index is 0.01000. The maximum absolute atomic E-state index is 13.5. The van der Waals surface area contributed by atoms with Crippen LogP contribution in [0.4, 0.5) is 0 Å². The first-order valence-corrected chi connectivity index (χ1v) is 21.4. The summed E-state index contributed by atoms with van der Waals surface area (Å²) in [6, 6.07) is 8.18. The van der Waals surface area contributed by atoms with Crippen molar-refractivity contribution < 1.29 is 54.1 Å². The number of amides is 1. The fourth-order valence-electron chi connectivity index (χ4n) is 12.9. The first-order chi connectivity index (χ1) is 26.9. The molecule has 3 fully saturated rings. The molecule has 0 aromatic heterocycles. The number of carbonyl (C=O) groups is 3. The Hall–Kier alpha value is -2.87. The zero-order chi connectivity index (χ0) is 42.8. The molecule has 6 rings (SSSR count). The Bertz CT molecular complexity index is 1740. The van der Waals surface area contributed by atoms with Crippen molar-refractivity contribution in [3.05, 3.63) is 47.0 Å². The molecular weight excluding hydrogens is 743 g/mol. The zero-order valence-corrected chi connectivity index (χ0v) is 36.0. The molecule has 1 aromatic rings. The van der Waals surface area contributed by atoms with Crippen LogP contribution in [0.25, 0.3) is 0 Å². The molecule has 0 unspecified atom stereocenters. The molecule has 1 amide bonds. The van der Waals surface area contributed by atoms with Crippen LogP contribution in [0.15, 0.2) is 41.5 Å². The normalized spacial score (nSPS) is 38.7. The lowest BCUT2D eigenvalue weighted by Gasteiger charge is -2.64. The van der Waals surface area contributed by atoms with Crippen molar-refractivity contribution in [2.75, 3.05) is 7.11 Å². The molecule has 6 N–H and O–H groups in total. The lowest BCUT2D eigenvalue weighted by atomic mass is 9.42. The van der Waals surface area contributed by atoms with Crippen molar-refractivity contribution in [3.8, 4) is 0 Å². The molecule has 5 aliphatic rings. The standard InChI is InChI=1S/C46H69NO11/c1-41(2)33-17-16-29-30(22-34(49)46(8)28(19-20-45(29,46)7)27-15-18-35(42(3,4)54)57-39(27)52)44(33,6)23-32(48)38(41)58-37(51)25-43(5,55)24-36(50)47-31(40(53)56-9)21-26-13-11-10-12-14-26/h10-14,27-28,31-35,38-39,48-49,52,54-55H,15-25H2,1-9H3,(H,47,50)/t27-,28-,31+,32+,33-,34-,35-,38+,39+,43-,44-,45+,46+/m1/s1. The highest BCUT2D eigenvalue weighted by atomic mass is 16.6. The van der Waals surface area contributed by atoms with E-state index in [1.807, 2.05) is 44.2 Å². The average molecular weight is 812 g/mol. The Labute approximate surface area is 344 Å². The highest BCUT2D eigenvalue weighted by Crippen LogP contribution is 2.73. The summed E-state index contributed by atoms with van der Waals surface area (Å²) < 4.78 is 17.0. The van der Waals surface area contributed by atoms with Crippen molar-refractivity contribution in [2.45, 2.75) is 174 Å². The van der Waals surface area contributed by atoms with Crippen LogP contribution in [-0.4, -0.2) is 98.4 Å². The number of aliphatic hydroxyl groups excluding tert-OH is 3. The van der Waals surface area contributed by atoms with Crippen LogP contribution in [0.1, 0.15) is 125 Å². The molecule has 13 atom stereocenters. The number of esters is 2. The second kappa shape index (κ2) is 15.9. The van der Waals surface area contributed by atoms with Crippen LogP contribution in [0, 0.1) is 39.4 Å². The molecule has 2 saturated carbocycles. The zero-order valence-electron chi connectivity index (χ0n) is 36.0. The van der Waals surface area contributed by atoms with E-state index in [0.717, 1.165) is 31.2 Å². The average Bonchev–Trinajstić information content (AvgIpc) is 3.41. The number of aliphatic hydroxyl groups is 5. The fourth-order valence-corrected chi connectivity index (χ4v) is 12.9. The number of hydrogen-bond acceptors (Lipinski definition) is 11. The summed E-state index contributed by atoms with van der Waals surface area (Å²) in [5.41, 5.74) is -1.49. The molecule has 12 nitrogen and oxygen atoms in total. The van der Waals surface area contributed by atoms with Gasteiger partial charge in [-0.1, -0.05) is 76.1 Å². The molecule has 0 radical (unpaired) electrons. The van der Waals surface area contributed by atoms with E-state index in [1.54, 1.807) is 13.8 Å². The first kappa shape index (κ1) is 44.7. The van der Waals surface area contributed by atoms with Crippen molar-refractivity contribution in [1.29, 1.82) is 0 Å². The number of nitrogens with one attached hydrogen (secondary N) is 1. The second-order valence-corrected chi connectivity index (χ2v) is 20.5. The third-order valence-electron chi connectivity index (χ3n) is 16.0. The molecule has 1 heterocycles. The van der Waals surface area contributed by atoms with Crippen molar-refractivity contribution in [3.63, 3.8) is 0 Å². The number of methoxy groups -OCH3 is 1. The van der Waals surface area contributed by atoms with Gasteiger partial charge in [-0.2, -0.15) is 0 Å². The summed E-state index contributed by atoms with van der Waals surface area (Å²) in [6.45, 7) is 15.5. The van der Waals surface area contributed by atoms with Crippen LogP contribution < -0.4 is 5.32 Å². The smallest absolute Gasteiger partial charge is 0.328 e. The quantitative estimate of drug-likeness (QED) is 0.132. The van der Waals surface area contributed by atoms with Crippen LogP contribution in [0.3, 0.4) is 0 Å². The van der Waals surface area contributed by atoms with Crippen molar-refractivity contribution in [1.82, 2.24) is 5.32 Å². The SMILES string of the molecule is COC(=O)[C@H](Cc1ccccc1)NC(=O)C[C@@](C)(O)CC(=O)O[C@H]1[C@@H](O)C[C@]2(C)C3=C(CC[C@@H]2C1(C)C)[C@]1(C)CC[C@H]([C@H]2CC[C@H](C(C)(C)O)O[C@@H]2O)[C@@]1(C)[C@H](O)C3. The van der Waals surface area contributed by atoms with Gasteiger partial charge in [0.15, 0.2) is 6.29 Å². The summed E-state index contributed by atoms with van der Waals surface area (Å²) in [5.74, 6) is -2.12. The Morgan fingerprint density at radius 2 is 1.60 bits per heavy atom. The Morgan fingerprint density at radius 1 is 0.931 bits per heavy atom. The van der Waals surface area contributed by atoms with Gasteiger partial charge in [-0.3, -0.25) is 9.59 Å². The fraction of sp³-hybridized carbons (Fsp3) is 0.761. The van der Waals surface area contributed by atoms with Gasteiger partial charge in [-0.05, 0) is 100 Å². The van der Waals surface area contributed by atoms with E-state index in [1.165, 1.54) is 25.2 Å². The number of fused-ring (bicyclic) bond motifs is 4. The van der Waals surface area contributed by atoms with Gasteiger partial charge in [-0.25, -0.2) is 4.79 Å². The Balaban J connectivity index is 1.14. The maximum atomic E-state index is 13.5. The number of allylic oxidation sites excluding steroid dienone is 1. The summed E-state index contributed by atoms with van der Waals surface area (Å²) in [4.78, 5) is 39.1. The minimum atomic E-state index is -1.80. The van der Waals surface area contributed by atoms with Gasteiger partial charge in [0.05, 0.1) is 49.5 Å². The van der Waals surface area contributed by atoms with Gasteiger partial charge in [0.2, 0.25) is 5.91 Å². The van der Waals surface area contributed by atoms with E-state index in [-0.39, 0.29) is 29.6 Å². The third kappa shape index (κ3) is 7.91. The van der Waals surface area contributed by atoms with Gasteiger partial charge in [0.25, 0.3) is 0 Å². The van der Waals surface area contributed by atoms with Gasteiger partial charge in [0, 0.05) is 23.2 Å². The molecule has 12 heteroatoms. The molecule has 4 aliphatic carbocycles. The third-order valence-corrected chi connectivity index (χ3v) is 16.0. The minimum Gasteiger partial charge on any atom is -0.467 e. The van der Waals surface area contributed by atoms with Gasteiger partial charge in [0.1, 0.15) is 12.1 Å². The molecule has 1 aliphatic heterocycles. The van der Waals surface area contributed by atoms with Crippen LogP contribution in [0.2, 0.25) is 0 Å². The van der Waals surface area contributed by atoms with Gasteiger partial charge >= 0.3 is 11.9 Å². The first-order valence-electron chi connectivity index (χ1n) is 21.4. The summed E-state index contributed by atoms with van der Waals surface area (Å²) in [5, 5.41) is 60.0. The molecule has 1 aromatic carbocycles. The van der Waals surface area contributed by atoms with E-state index in [0.29, 0.717) is 25.7 Å². The lowest BCUT2D eigenvalue weighted by Crippen LogP contribution is -2.62. The van der Waals surface area contributed by atoms with E-state index < -0.39 is 94.9 Å². The lowest BCUT2D eigenvalue weighted by molar-refractivity contribution is -0.251. The van der Waals surface area contributed by atoms with Crippen LogP contribution in [-0.2, 0) is 35.0 Å². The number of benzene rings is 1. The molecule has 0 bridgehead atoms. The Kier molecular flexibility index (Phi) is 12.2. The van der Waals surface area contributed by atoms with Gasteiger partial charge in [-0.15, -0.1) is 0 Å². The topological polar surface area (TPSA) is 192 Å². The monoisotopic (exact) mass is 811 g/mol. The van der Waals surface area contributed by atoms with Crippen molar-refractivity contribution >= 4 is 17.8 Å². The predicted molar refractivity (Wildman–Crippen MR) is 216 cm³/mol. The Morgan fingerprint density at radius 3 is 2.22 bits per heavy atom. The van der Waals surface area contributed by atoms with E-state index in [9.17, 15) is 39.9 Å². The van der Waals surface area contributed by atoms with Gasteiger partial charge < -0.3 is 45.1 Å². The summed E-state index contributed by atoms with van der Waals surface area (Å²) >= 11 is 0. The second-order valence-electron chi connectivity index (χ2n) is 20.5. The maximum Gasteiger partial charge on any atom is 0.328 e. The predicted octanol–water partition coefficient (Wildman–Crippen LogP) is 4.91. The summed E-state index contributed by atoms with van der Waals surface area (Å²) in [7, 11) is 1.24.